The molecule has 0 aliphatic rings. The van der Waals surface area contributed by atoms with Crippen LogP contribution in [0, 0.1) is 0 Å². The van der Waals surface area contributed by atoms with Gasteiger partial charge in [-0.25, -0.2) is 0 Å². The van der Waals surface area contributed by atoms with E-state index in [1.807, 2.05) is 42.7 Å². The van der Waals surface area contributed by atoms with Gasteiger partial charge >= 0.3 is 0 Å². The van der Waals surface area contributed by atoms with Crippen LogP contribution in [0.25, 0.3) is 11.4 Å². The maximum Gasteiger partial charge on any atom is 0.252 e. The smallest absolute Gasteiger partial charge is 0.252 e. The summed E-state index contributed by atoms with van der Waals surface area (Å²) in [5.74, 6) is 0.534. The second-order valence-corrected chi connectivity index (χ2v) is 6.13. The molecule has 0 saturated carbocycles. The molecule has 0 radical (unpaired) electrons. The molecule has 7 heteroatoms. The molecule has 0 aliphatic heterocycles. The third kappa shape index (κ3) is 3.60. The normalized spacial score (nSPS) is 10.6. The summed E-state index contributed by atoms with van der Waals surface area (Å²) in [5.41, 5.74) is 1.31. The first-order chi connectivity index (χ1) is 11.7. The number of halogens is 1. The number of aromatic nitrogens is 2. The van der Waals surface area contributed by atoms with Crippen molar-refractivity contribution in [2.45, 2.75) is 11.4 Å². The first kappa shape index (κ1) is 16.5. The van der Waals surface area contributed by atoms with Crippen molar-refractivity contribution in [1.82, 2.24) is 15.5 Å². The standard InChI is InChI=1S/C17H14ClN3O2S/c1-24-14-9-5-3-7-12(14)17(22)19-10-15-20-16(21-23-15)11-6-2-4-8-13(11)18/h2-9H,10H2,1H3,(H,19,22). The third-order valence-electron chi connectivity index (χ3n) is 3.33. The van der Waals surface area contributed by atoms with Gasteiger partial charge in [-0.05, 0) is 30.5 Å². The van der Waals surface area contributed by atoms with Gasteiger partial charge in [0.25, 0.3) is 5.91 Å². The van der Waals surface area contributed by atoms with Gasteiger partial charge in [0.1, 0.15) is 0 Å². The fraction of sp³-hybridized carbons (Fsp3) is 0.118. The maximum absolute atomic E-state index is 12.3. The Morgan fingerprint density at radius 2 is 1.96 bits per heavy atom. The van der Waals surface area contributed by atoms with Crippen molar-refractivity contribution in [3.05, 3.63) is 65.0 Å². The molecule has 0 fully saturated rings. The Balaban J connectivity index is 1.70. The molecule has 3 rings (SSSR count). The van der Waals surface area contributed by atoms with Gasteiger partial charge in [0, 0.05) is 10.5 Å². The largest absolute Gasteiger partial charge is 0.343 e. The lowest BCUT2D eigenvalue weighted by Gasteiger charge is -2.06. The Kier molecular flexibility index (Phi) is 5.17. The van der Waals surface area contributed by atoms with Crippen molar-refractivity contribution < 1.29 is 9.32 Å². The zero-order chi connectivity index (χ0) is 16.9. The van der Waals surface area contributed by atoms with E-state index < -0.39 is 0 Å². The summed E-state index contributed by atoms with van der Waals surface area (Å²) in [6.07, 6.45) is 1.93. The zero-order valence-electron chi connectivity index (χ0n) is 12.8. The van der Waals surface area contributed by atoms with E-state index in [2.05, 4.69) is 15.5 Å². The number of carbonyl (C=O) groups excluding carboxylic acids is 1. The lowest BCUT2D eigenvalue weighted by Crippen LogP contribution is -2.23. The number of nitrogens with one attached hydrogen (secondary N) is 1. The van der Waals surface area contributed by atoms with Crippen molar-refractivity contribution in [2.75, 3.05) is 6.26 Å². The second kappa shape index (κ2) is 7.51. The molecule has 3 aromatic rings. The summed E-state index contributed by atoms with van der Waals surface area (Å²) in [6.45, 7) is 0.152. The van der Waals surface area contributed by atoms with Gasteiger partial charge < -0.3 is 9.84 Å². The van der Waals surface area contributed by atoms with E-state index in [0.717, 1.165) is 4.90 Å². The fourth-order valence-corrected chi connectivity index (χ4v) is 2.98. The topological polar surface area (TPSA) is 68.0 Å². The molecule has 1 amide bonds. The van der Waals surface area contributed by atoms with Gasteiger partial charge in [0.05, 0.1) is 17.1 Å². The van der Waals surface area contributed by atoms with Crippen LogP contribution in [0.2, 0.25) is 5.02 Å². The van der Waals surface area contributed by atoms with E-state index >= 15 is 0 Å². The molecular weight excluding hydrogens is 346 g/mol. The highest BCUT2D eigenvalue weighted by Crippen LogP contribution is 2.25. The molecule has 1 N–H and O–H groups in total. The minimum Gasteiger partial charge on any atom is -0.343 e. The van der Waals surface area contributed by atoms with Gasteiger partial charge in [0.15, 0.2) is 0 Å². The van der Waals surface area contributed by atoms with Crippen LogP contribution in [0.3, 0.4) is 0 Å². The van der Waals surface area contributed by atoms with Gasteiger partial charge in [-0.2, -0.15) is 4.98 Å². The highest BCUT2D eigenvalue weighted by molar-refractivity contribution is 7.98. The molecule has 2 aromatic carbocycles. The predicted molar refractivity (Wildman–Crippen MR) is 94.1 cm³/mol. The number of amides is 1. The monoisotopic (exact) mass is 359 g/mol. The molecular formula is C17H14ClN3O2S. The molecule has 1 aromatic heterocycles. The fourth-order valence-electron chi connectivity index (χ4n) is 2.16. The second-order valence-electron chi connectivity index (χ2n) is 4.87. The number of hydrogen-bond acceptors (Lipinski definition) is 5. The van der Waals surface area contributed by atoms with E-state index in [9.17, 15) is 4.79 Å². The minimum absolute atomic E-state index is 0.152. The van der Waals surface area contributed by atoms with Crippen LogP contribution in [0.15, 0.2) is 57.9 Å². The lowest BCUT2D eigenvalue weighted by molar-refractivity contribution is 0.0943. The molecule has 0 bridgehead atoms. The van der Waals surface area contributed by atoms with E-state index in [1.165, 1.54) is 11.8 Å². The molecule has 0 spiro atoms. The van der Waals surface area contributed by atoms with Crippen molar-refractivity contribution in [1.29, 1.82) is 0 Å². The van der Waals surface area contributed by atoms with Crippen molar-refractivity contribution in [3.8, 4) is 11.4 Å². The van der Waals surface area contributed by atoms with Crippen LogP contribution < -0.4 is 5.32 Å². The number of hydrogen-bond donors (Lipinski definition) is 1. The SMILES string of the molecule is CSc1ccccc1C(=O)NCc1nc(-c2ccccc2Cl)no1. The van der Waals surface area contributed by atoms with Gasteiger partial charge in [-0.3, -0.25) is 4.79 Å². The molecule has 0 atom stereocenters. The average Bonchev–Trinajstić information content (AvgIpc) is 3.08. The Bertz CT molecular complexity index is 866. The molecule has 1 heterocycles. The van der Waals surface area contributed by atoms with E-state index in [4.69, 9.17) is 16.1 Å². The molecule has 24 heavy (non-hydrogen) atoms. The van der Waals surface area contributed by atoms with E-state index in [-0.39, 0.29) is 12.5 Å². The summed E-state index contributed by atoms with van der Waals surface area (Å²) in [6, 6.07) is 14.7. The van der Waals surface area contributed by atoms with Crippen molar-refractivity contribution in [3.63, 3.8) is 0 Å². The van der Waals surface area contributed by atoms with Gasteiger partial charge in [-0.1, -0.05) is 41.0 Å². The first-order valence-electron chi connectivity index (χ1n) is 7.17. The van der Waals surface area contributed by atoms with Gasteiger partial charge in [-0.15, -0.1) is 11.8 Å². The summed E-state index contributed by atoms with van der Waals surface area (Å²) >= 11 is 7.64. The summed E-state index contributed by atoms with van der Waals surface area (Å²) < 4.78 is 5.18. The molecule has 122 valence electrons. The molecule has 0 aliphatic carbocycles. The number of nitrogens with zero attached hydrogens (tertiary/aromatic N) is 2. The quantitative estimate of drug-likeness (QED) is 0.696. The van der Waals surface area contributed by atoms with Crippen LogP contribution in [-0.2, 0) is 6.54 Å². The number of thioether (sulfide) groups is 1. The van der Waals surface area contributed by atoms with Crippen LogP contribution in [0.1, 0.15) is 16.2 Å². The van der Waals surface area contributed by atoms with Crippen LogP contribution in [0.4, 0.5) is 0 Å². The van der Waals surface area contributed by atoms with Gasteiger partial charge in [0.2, 0.25) is 11.7 Å². The first-order valence-corrected chi connectivity index (χ1v) is 8.78. The van der Waals surface area contributed by atoms with Crippen LogP contribution in [-0.4, -0.2) is 22.3 Å². The highest BCUT2D eigenvalue weighted by Gasteiger charge is 2.14. The number of rotatable bonds is 5. The summed E-state index contributed by atoms with van der Waals surface area (Å²) in [5, 5.41) is 7.24. The molecule has 0 unspecified atom stereocenters. The molecule has 5 nitrogen and oxygen atoms in total. The van der Waals surface area contributed by atoms with Crippen LogP contribution in [0.5, 0.6) is 0 Å². The van der Waals surface area contributed by atoms with E-state index in [1.54, 1.807) is 12.1 Å². The number of carbonyl (C=O) groups is 1. The third-order valence-corrected chi connectivity index (χ3v) is 4.46. The number of benzene rings is 2. The van der Waals surface area contributed by atoms with E-state index in [0.29, 0.717) is 27.9 Å². The average molecular weight is 360 g/mol. The Hall–Kier alpha value is -2.31. The van der Waals surface area contributed by atoms with Crippen molar-refractivity contribution >= 4 is 29.3 Å². The minimum atomic E-state index is -0.183. The summed E-state index contributed by atoms with van der Waals surface area (Å²) in [4.78, 5) is 17.5. The predicted octanol–water partition coefficient (Wildman–Crippen LogP) is 4.04. The lowest BCUT2D eigenvalue weighted by atomic mass is 10.2. The Morgan fingerprint density at radius 3 is 2.75 bits per heavy atom. The molecule has 0 saturated heterocycles. The van der Waals surface area contributed by atoms with Crippen molar-refractivity contribution in [2.24, 2.45) is 0 Å². The summed E-state index contributed by atoms with van der Waals surface area (Å²) in [7, 11) is 0. The Labute approximate surface area is 148 Å². The zero-order valence-corrected chi connectivity index (χ0v) is 14.4. The maximum atomic E-state index is 12.3. The Morgan fingerprint density at radius 1 is 1.21 bits per heavy atom. The highest BCUT2D eigenvalue weighted by atomic mass is 35.5. The van der Waals surface area contributed by atoms with Crippen LogP contribution >= 0.6 is 23.4 Å².